The topological polar surface area (TPSA) is 87.6 Å². The van der Waals surface area contributed by atoms with Crippen LogP contribution in [0.25, 0.3) is 0 Å². The van der Waals surface area contributed by atoms with Crippen LogP contribution in [0.4, 0.5) is 11.4 Å². The van der Waals surface area contributed by atoms with Crippen LogP contribution in [0.1, 0.15) is 68.9 Å². The quantitative estimate of drug-likeness (QED) is 0.409. The molecule has 174 valence electrons. The lowest BCUT2D eigenvalue weighted by Crippen LogP contribution is -2.21. The maximum Gasteiger partial charge on any atom is 0.336 e. The number of carbonyl (C=O) groups is 3. The Kier molecular flexibility index (Phi) is 7.08. The highest BCUT2D eigenvalue weighted by molar-refractivity contribution is 6.30. The first-order valence-corrected chi connectivity index (χ1v) is 11.6. The lowest BCUT2D eigenvalue weighted by molar-refractivity contribution is 0.0689. The number of rotatable bonds is 7. The van der Waals surface area contributed by atoms with E-state index in [0.717, 1.165) is 43.5 Å². The molecule has 1 saturated carbocycles. The van der Waals surface area contributed by atoms with E-state index in [0.29, 0.717) is 5.02 Å². The molecular weight excluding hydrogens is 452 g/mol. The number of carboxylic acids is 1. The molecule has 1 aromatic heterocycles. The fourth-order valence-corrected chi connectivity index (χ4v) is 4.47. The number of aromatic carboxylic acids is 1. The number of hydrogen-bond donors (Lipinski definition) is 1. The molecule has 0 radical (unpaired) electrons. The monoisotopic (exact) mass is 476 g/mol. The van der Waals surface area contributed by atoms with E-state index in [1.807, 2.05) is 24.1 Å². The van der Waals surface area contributed by atoms with E-state index in [2.05, 4.69) is 4.98 Å². The molecule has 0 bridgehead atoms. The van der Waals surface area contributed by atoms with Crippen LogP contribution >= 0.6 is 11.6 Å². The van der Waals surface area contributed by atoms with E-state index in [4.69, 9.17) is 11.6 Å². The fourth-order valence-electron chi connectivity index (χ4n) is 4.34. The van der Waals surface area contributed by atoms with Gasteiger partial charge in [0.1, 0.15) is 5.69 Å². The van der Waals surface area contributed by atoms with Gasteiger partial charge in [-0.3, -0.25) is 14.6 Å². The Morgan fingerprint density at radius 3 is 2.21 bits per heavy atom. The summed E-state index contributed by atoms with van der Waals surface area (Å²) >= 11 is 5.95. The molecule has 6 nitrogen and oxygen atoms in total. The summed E-state index contributed by atoms with van der Waals surface area (Å²) in [4.78, 5) is 44.1. The maximum atomic E-state index is 13.0. The molecule has 1 aliphatic carbocycles. The van der Waals surface area contributed by atoms with Crippen molar-refractivity contribution in [2.24, 2.45) is 5.92 Å². The second-order valence-electron chi connectivity index (χ2n) is 8.53. The first-order chi connectivity index (χ1) is 16.3. The zero-order valence-electron chi connectivity index (χ0n) is 18.8. The number of nitrogens with zero attached hydrogens (tertiary/aromatic N) is 2. The number of benzene rings is 2. The summed E-state index contributed by atoms with van der Waals surface area (Å²) in [6.07, 6.45) is 6.19. The van der Waals surface area contributed by atoms with Crippen LogP contribution in [0.2, 0.25) is 5.02 Å². The number of carboxylic acid groups (broad SMARTS) is 1. The van der Waals surface area contributed by atoms with Gasteiger partial charge in [0.2, 0.25) is 5.78 Å². The van der Waals surface area contributed by atoms with E-state index in [9.17, 15) is 19.5 Å². The highest BCUT2D eigenvalue weighted by Gasteiger charge is 2.27. The first kappa shape index (κ1) is 23.6. The van der Waals surface area contributed by atoms with Gasteiger partial charge >= 0.3 is 5.97 Å². The Hall–Kier alpha value is -3.51. The van der Waals surface area contributed by atoms with Gasteiger partial charge in [-0.2, -0.15) is 0 Å². The third kappa shape index (κ3) is 5.02. The van der Waals surface area contributed by atoms with Crippen LogP contribution in [0, 0.1) is 5.92 Å². The Balaban J connectivity index is 1.56. The second-order valence-corrected chi connectivity index (χ2v) is 8.97. The van der Waals surface area contributed by atoms with E-state index in [1.54, 1.807) is 30.5 Å². The van der Waals surface area contributed by atoms with Crippen LogP contribution in [-0.4, -0.2) is 34.7 Å². The van der Waals surface area contributed by atoms with Gasteiger partial charge in [-0.05, 0) is 61.4 Å². The molecule has 34 heavy (non-hydrogen) atoms. The van der Waals surface area contributed by atoms with Gasteiger partial charge in [0.25, 0.3) is 0 Å². The standard InChI is InChI=1S/C27H25ClN2O4/c1-30(20-10-8-19(28)9-11-20)21-12-14-24(29-16-21)26(32)18-7-13-22(23(15-18)27(33)34)25(31)17-5-3-2-4-6-17/h7-17H,2-6H2,1H3,(H,33,34). The maximum absolute atomic E-state index is 13.0. The van der Waals surface area contributed by atoms with Crippen LogP contribution in [0.5, 0.6) is 0 Å². The molecule has 0 unspecified atom stereocenters. The Morgan fingerprint density at radius 2 is 1.59 bits per heavy atom. The third-order valence-electron chi connectivity index (χ3n) is 6.34. The summed E-state index contributed by atoms with van der Waals surface area (Å²) < 4.78 is 0. The molecule has 4 rings (SSSR count). The summed E-state index contributed by atoms with van der Waals surface area (Å²) in [5.41, 5.74) is 2.09. The molecule has 0 spiro atoms. The van der Waals surface area contributed by atoms with Gasteiger partial charge in [-0.25, -0.2) is 4.79 Å². The minimum Gasteiger partial charge on any atom is -0.478 e. The van der Waals surface area contributed by atoms with Gasteiger partial charge < -0.3 is 10.0 Å². The van der Waals surface area contributed by atoms with Crippen LogP contribution < -0.4 is 4.90 Å². The average molecular weight is 477 g/mol. The lowest BCUT2D eigenvalue weighted by atomic mass is 9.82. The van der Waals surface area contributed by atoms with E-state index in [1.165, 1.54) is 18.2 Å². The van der Waals surface area contributed by atoms with Crippen molar-refractivity contribution >= 4 is 40.5 Å². The van der Waals surface area contributed by atoms with Crippen molar-refractivity contribution in [3.05, 3.63) is 88.2 Å². The molecule has 0 saturated heterocycles. The van der Waals surface area contributed by atoms with Crippen molar-refractivity contribution in [1.82, 2.24) is 4.98 Å². The van der Waals surface area contributed by atoms with Crippen molar-refractivity contribution in [2.45, 2.75) is 32.1 Å². The second kappa shape index (κ2) is 10.2. The van der Waals surface area contributed by atoms with Gasteiger partial charge in [-0.15, -0.1) is 0 Å². The molecule has 0 amide bonds. The number of hydrogen-bond acceptors (Lipinski definition) is 5. The lowest BCUT2D eigenvalue weighted by Gasteiger charge is -2.21. The van der Waals surface area contributed by atoms with Gasteiger partial charge in [0, 0.05) is 34.8 Å². The van der Waals surface area contributed by atoms with Crippen molar-refractivity contribution in [3.63, 3.8) is 0 Å². The van der Waals surface area contributed by atoms with E-state index >= 15 is 0 Å². The Labute approximate surface area is 203 Å². The van der Waals surface area contributed by atoms with Crippen molar-refractivity contribution < 1.29 is 19.5 Å². The Morgan fingerprint density at radius 1 is 0.912 bits per heavy atom. The molecule has 1 heterocycles. The number of pyridine rings is 1. The number of aromatic nitrogens is 1. The number of halogens is 1. The zero-order valence-corrected chi connectivity index (χ0v) is 19.6. The summed E-state index contributed by atoms with van der Waals surface area (Å²) in [7, 11) is 1.88. The molecule has 3 aromatic rings. The average Bonchev–Trinajstić information content (AvgIpc) is 2.88. The molecule has 1 N–H and O–H groups in total. The predicted molar refractivity (Wildman–Crippen MR) is 131 cm³/mol. The highest BCUT2D eigenvalue weighted by Crippen LogP contribution is 2.29. The molecule has 0 aliphatic heterocycles. The fraction of sp³-hybridized carbons (Fsp3) is 0.259. The molecule has 2 aromatic carbocycles. The van der Waals surface area contributed by atoms with Crippen LogP contribution in [0.15, 0.2) is 60.8 Å². The SMILES string of the molecule is CN(c1ccc(Cl)cc1)c1ccc(C(=O)c2ccc(C(=O)C3CCCCC3)c(C(=O)O)c2)nc1. The number of ketones is 2. The summed E-state index contributed by atoms with van der Waals surface area (Å²) in [6.45, 7) is 0. The minimum absolute atomic E-state index is 0.138. The minimum atomic E-state index is -1.22. The molecule has 1 fully saturated rings. The third-order valence-corrected chi connectivity index (χ3v) is 6.59. The Bertz CT molecular complexity index is 1220. The molecule has 1 aliphatic rings. The summed E-state index contributed by atoms with van der Waals surface area (Å²) in [6, 6.07) is 15.0. The smallest absolute Gasteiger partial charge is 0.336 e. The van der Waals surface area contributed by atoms with Crippen LogP contribution in [0.3, 0.4) is 0 Å². The van der Waals surface area contributed by atoms with E-state index < -0.39 is 11.8 Å². The zero-order chi connectivity index (χ0) is 24.2. The molecular formula is C27H25ClN2O4. The summed E-state index contributed by atoms with van der Waals surface area (Å²) in [5.74, 6) is -1.93. The molecule has 0 atom stereocenters. The van der Waals surface area contributed by atoms with Crippen molar-refractivity contribution in [1.29, 1.82) is 0 Å². The highest BCUT2D eigenvalue weighted by atomic mass is 35.5. The number of Topliss-reactive ketones (excluding diaryl/α,β-unsaturated/α-hetero) is 1. The van der Waals surface area contributed by atoms with Crippen molar-refractivity contribution in [3.8, 4) is 0 Å². The van der Waals surface area contributed by atoms with E-state index in [-0.39, 0.29) is 34.1 Å². The van der Waals surface area contributed by atoms with Crippen LogP contribution in [-0.2, 0) is 0 Å². The predicted octanol–water partition coefficient (Wildman–Crippen LogP) is 6.20. The number of carbonyl (C=O) groups excluding carboxylic acids is 2. The van der Waals surface area contributed by atoms with Gasteiger partial charge in [-0.1, -0.05) is 36.9 Å². The molecule has 7 heteroatoms. The number of anilines is 2. The largest absolute Gasteiger partial charge is 0.478 e. The summed E-state index contributed by atoms with van der Waals surface area (Å²) in [5, 5.41) is 10.4. The van der Waals surface area contributed by atoms with Gasteiger partial charge in [0.05, 0.1) is 17.4 Å². The van der Waals surface area contributed by atoms with Gasteiger partial charge in [0.15, 0.2) is 5.78 Å². The van der Waals surface area contributed by atoms with Crippen molar-refractivity contribution in [2.75, 3.05) is 11.9 Å². The first-order valence-electron chi connectivity index (χ1n) is 11.3. The normalized spacial score (nSPS) is 13.9.